The Morgan fingerprint density at radius 1 is 1.05 bits per heavy atom. The van der Waals surface area contributed by atoms with Crippen LogP contribution in [0.4, 0.5) is 0 Å². The molecular weight excluding hydrogens is 234 g/mol. The highest BCUT2D eigenvalue weighted by atomic mass is 15.0. The van der Waals surface area contributed by atoms with Crippen molar-refractivity contribution in [2.75, 3.05) is 0 Å². The zero-order valence-corrected chi connectivity index (χ0v) is 11.4. The number of aryl methyl sites for hydroxylation is 4. The molecule has 0 bridgehead atoms. The normalized spacial score (nSPS) is 11.1. The summed E-state index contributed by atoms with van der Waals surface area (Å²) in [7, 11) is 0. The standard InChI is InChI=1S/C16H18N3/c1-12-10-14-15(11-13(12)2)18-16(17-14)6-9-19-7-4-3-5-8-19/h3-5,7-8,10-11H,6,9H2,1-2H3,(H,17,18)/q+1. The third-order valence-electron chi connectivity index (χ3n) is 3.53. The van der Waals surface area contributed by atoms with Gasteiger partial charge in [0, 0.05) is 12.1 Å². The van der Waals surface area contributed by atoms with Gasteiger partial charge in [0.2, 0.25) is 0 Å². The lowest BCUT2D eigenvalue weighted by atomic mass is 10.1. The van der Waals surface area contributed by atoms with Crippen molar-refractivity contribution >= 4 is 11.0 Å². The minimum atomic E-state index is 0.918. The number of fused-ring (bicyclic) bond motifs is 1. The maximum atomic E-state index is 4.66. The Kier molecular flexibility index (Phi) is 3.03. The minimum Gasteiger partial charge on any atom is -0.342 e. The highest BCUT2D eigenvalue weighted by Gasteiger charge is 2.07. The van der Waals surface area contributed by atoms with E-state index >= 15 is 0 Å². The van der Waals surface area contributed by atoms with Crippen LogP contribution in [-0.2, 0) is 13.0 Å². The van der Waals surface area contributed by atoms with Crippen molar-refractivity contribution in [3.05, 3.63) is 59.7 Å². The van der Waals surface area contributed by atoms with Gasteiger partial charge in [0.15, 0.2) is 18.9 Å². The van der Waals surface area contributed by atoms with E-state index in [1.807, 2.05) is 18.2 Å². The minimum absolute atomic E-state index is 0.918. The zero-order chi connectivity index (χ0) is 13.2. The molecule has 0 saturated carbocycles. The van der Waals surface area contributed by atoms with Crippen LogP contribution in [0.3, 0.4) is 0 Å². The largest absolute Gasteiger partial charge is 0.342 e. The number of hydrogen-bond acceptors (Lipinski definition) is 1. The molecule has 0 aliphatic rings. The number of nitrogens with one attached hydrogen (secondary N) is 1. The molecule has 0 atom stereocenters. The van der Waals surface area contributed by atoms with Crippen LogP contribution in [0.1, 0.15) is 17.0 Å². The Hall–Kier alpha value is -2.16. The number of rotatable bonds is 3. The van der Waals surface area contributed by atoms with Gasteiger partial charge in [-0.15, -0.1) is 0 Å². The molecule has 3 nitrogen and oxygen atoms in total. The fourth-order valence-corrected chi connectivity index (χ4v) is 2.26. The summed E-state index contributed by atoms with van der Waals surface area (Å²) >= 11 is 0. The summed E-state index contributed by atoms with van der Waals surface area (Å²) in [5.41, 5.74) is 4.80. The topological polar surface area (TPSA) is 32.6 Å². The van der Waals surface area contributed by atoms with Gasteiger partial charge in [0.05, 0.1) is 17.5 Å². The molecule has 0 spiro atoms. The first-order chi connectivity index (χ1) is 9.22. The quantitative estimate of drug-likeness (QED) is 0.714. The molecule has 0 unspecified atom stereocenters. The Morgan fingerprint density at radius 3 is 2.58 bits per heavy atom. The highest BCUT2D eigenvalue weighted by Crippen LogP contribution is 2.17. The smallest absolute Gasteiger partial charge is 0.168 e. The Morgan fingerprint density at radius 2 is 1.79 bits per heavy atom. The molecule has 0 amide bonds. The molecule has 0 aliphatic carbocycles. The summed E-state index contributed by atoms with van der Waals surface area (Å²) in [6.07, 6.45) is 5.08. The first kappa shape index (κ1) is 11.9. The number of hydrogen-bond donors (Lipinski definition) is 1. The number of aromatic nitrogens is 3. The van der Waals surface area contributed by atoms with E-state index in [1.165, 1.54) is 11.1 Å². The van der Waals surface area contributed by atoms with Crippen molar-refractivity contribution in [2.45, 2.75) is 26.8 Å². The maximum absolute atomic E-state index is 4.66. The number of nitrogens with zero attached hydrogens (tertiary/aromatic N) is 2. The Bertz CT molecular complexity index is 660. The van der Waals surface area contributed by atoms with Crippen LogP contribution in [0.5, 0.6) is 0 Å². The van der Waals surface area contributed by atoms with Crippen molar-refractivity contribution < 1.29 is 4.57 Å². The van der Waals surface area contributed by atoms with E-state index in [1.54, 1.807) is 0 Å². The summed E-state index contributed by atoms with van der Waals surface area (Å²) in [4.78, 5) is 8.07. The van der Waals surface area contributed by atoms with Crippen molar-refractivity contribution in [3.8, 4) is 0 Å². The van der Waals surface area contributed by atoms with Gasteiger partial charge in [-0.1, -0.05) is 6.07 Å². The third-order valence-corrected chi connectivity index (χ3v) is 3.53. The Balaban J connectivity index is 1.82. The maximum Gasteiger partial charge on any atom is 0.168 e. The van der Waals surface area contributed by atoms with Crippen LogP contribution in [0.15, 0.2) is 42.7 Å². The van der Waals surface area contributed by atoms with E-state index < -0.39 is 0 Å². The van der Waals surface area contributed by atoms with Crippen LogP contribution >= 0.6 is 0 Å². The second-order valence-corrected chi connectivity index (χ2v) is 5.00. The van der Waals surface area contributed by atoms with Gasteiger partial charge in [0.25, 0.3) is 0 Å². The van der Waals surface area contributed by atoms with Gasteiger partial charge in [0.1, 0.15) is 5.82 Å². The molecule has 3 heteroatoms. The molecule has 0 radical (unpaired) electrons. The lowest BCUT2D eigenvalue weighted by Crippen LogP contribution is -2.33. The van der Waals surface area contributed by atoms with Crippen LogP contribution in [0.25, 0.3) is 11.0 Å². The number of imidazole rings is 1. The average molecular weight is 252 g/mol. The molecule has 0 fully saturated rings. The van der Waals surface area contributed by atoms with E-state index in [-0.39, 0.29) is 0 Å². The first-order valence-corrected chi connectivity index (χ1v) is 6.62. The molecule has 0 saturated heterocycles. The number of pyridine rings is 1. The molecule has 1 aromatic carbocycles. The van der Waals surface area contributed by atoms with Gasteiger partial charge in [-0.05, 0) is 37.1 Å². The van der Waals surface area contributed by atoms with Crippen LogP contribution < -0.4 is 4.57 Å². The molecule has 3 aromatic rings. The van der Waals surface area contributed by atoms with E-state index in [0.29, 0.717) is 0 Å². The van der Waals surface area contributed by atoms with E-state index in [2.05, 4.69) is 52.9 Å². The van der Waals surface area contributed by atoms with Crippen molar-refractivity contribution in [2.24, 2.45) is 0 Å². The fourth-order valence-electron chi connectivity index (χ4n) is 2.26. The molecule has 96 valence electrons. The summed E-state index contributed by atoms with van der Waals surface area (Å²) in [5, 5.41) is 0. The van der Waals surface area contributed by atoms with Crippen molar-refractivity contribution in [1.82, 2.24) is 9.97 Å². The highest BCUT2D eigenvalue weighted by molar-refractivity contribution is 5.77. The average Bonchev–Trinajstić information content (AvgIpc) is 2.80. The summed E-state index contributed by atoms with van der Waals surface area (Å²) in [5.74, 6) is 1.05. The molecule has 1 N–H and O–H groups in total. The molecular formula is C16H18N3+. The fraction of sp³-hybridized carbons (Fsp3) is 0.250. The predicted molar refractivity (Wildman–Crippen MR) is 75.9 cm³/mol. The molecule has 0 aliphatic heterocycles. The van der Waals surface area contributed by atoms with E-state index in [9.17, 15) is 0 Å². The van der Waals surface area contributed by atoms with Crippen molar-refractivity contribution in [1.29, 1.82) is 0 Å². The second kappa shape index (κ2) is 4.84. The third kappa shape index (κ3) is 2.50. The Labute approximate surface area is 112 Å². The number of benzene rings is 1. The second-order valence-electron chi connectivity index (χ2n) is 5.00. The molecule has 19 heavy (non-hydrogen) atoms. The molecule has 2 heterocycles. The van der Waals surface area contributed by atoms with E-state index in [4.69, 9.17) is 0 Å². The van der Waals surface area contributed by atoms with Gasteiger partial charge >= 0.3 is 0 Å². The number of aromatic amines is 1. The van der Waals surface area contributed by atoms with Gasteiger partial charge in [-0.25, -0.2) is 9.55 Å². The zero-order valence-electron chi connectivity index (χ0n) is 11.4. The molecule has 2 aromatic heterocycles. The predicted octanol–water partition coefficient (Wildman–Crippen LogP) is 2.71. The lowest BCUT2D eigenvalue weighted by molar-refractivity contribution is -0.696. The van der Waals surface area contributed by atoms with Crippen LogP contribution in [-0.4, -0.2) is 9.97 Å². The molecule has 3 rings (SSSR count). The number of H-pyrrole nitrogens is 1. The summed E-state index contributed by atoms with van der Waals surface area (Å²) < 4.78 is 2.17. The summed E-state index contributed by atoms with van der Waals surface area (Å²) in [6, 6.07) is 10.5. The monoisotopic (exact) mass is 252 g/mol. The van der Waals surface area contributed by atoms with Gasteiger partial charge in [-0.3, -0.25) is 0 Å². The van der Waals surface area contributed by atoms with E-state index in [0.717, 1.165) is 29.8 Å². The van der Waals surface area contributed by atoms with Gasteiger partial charge in [-0.2, -0.15) is 0 Å². The SMILES string of the molecule is Cc1cc2nc(CC[n+]3ccccc3)[nH]c2cc1C. The first-order valence-electron chi connectivity index (χ1n) is 6.62. The lowest BCUT2D eigenvalue weighted by Gasteiger charge is -1.97. The van der Waals surface area contributed by atoms with Crippen LogP contribution in [0, 0.1) is 13.8 Å². The van der Waals surface area contributed by atoms with Crippen molar-refractivity contribution in [3.63, 3.8) is 0 Å². The van der Waals surface area contributed by atoms with Crippen LogP contribution in [0.2, 0.25) is 0 Å². The summed E-state index contributed by atoms with van der Waals surface area (Å²) in [6.45, 7) is 5.21. The van der Waals surface area contributed by atoms with Gasteiger partial charge < -0.3 is 4.98 Å².